The van der Waals surface area contributed by atoms with Gasteiger partial charge in [-0.1, -0.05) is 30.3 Å². The number of carbonyl (C=O) groups excluding carboxylic acids is 2. The van der Waals surface area contributed by atoms with Gasteiger partial charge in [-0.05, 0) is 42.0 Å². The summed E-state index contributed by atoms with van der Waals surface area (Å²) >= 11 is 0. The van der Waals surface area contributed by atoms with E-state index in [0.29, 0.717) is 23.5 Å². The molecule has 0 saturated carbocycles. The molecule has 2 amide bonds. The molecule has 1 N–H and O–H groups in total. The molecule has 3 aromatic rings. The van der Waals surface area contributed by atoms with Crippen molar-refractivity contribution in [3.8, 4) is 5.75 Å². The molecule has 27 heavy (non-hydrogen) atoms. The lowest BCUT2D eigenvalue weighted by Gasteiger charge is -2.17. The first-order chi connectivity index (χ1) is 13.1. The molecule has 0 atom stereocenters. The molecule has 0 aliphatic rings. The van der Waals surface area contributed by atoms with Crippen LogP contribution in [0.2, 0.25) is 0 Å². The van der Waals surface area contributed by atoms with Crippen LogP contribution in [0.15, 0.2) is 79.1 Å². The van der Waals surface area contributed by atoms with Crippen molar-refractivity contribution in [2.75, 3.05) is 12.4 Å². The highest BCUT2D eigenvalue weighted by atomic mass is 16.6. The summed E-state index contributed by atoms with van der Waals surface area (Å²) < 4.78 is 5.19. The highest BCUT2D eigenvalue weighted by molar-refractivity contribution is 5.96. The molecule has 0 aliphatic heterocycles. The monoisotopic (exact) mass is 361 g/mol. The first-order valence-corrected chi connectivity index (χ1v) is 8.40. The van der Waals surface area contributed by atoms with E-state index in [9.17, 15) is 9.59 Å². The molecular weight excluding hydrogens is 342 g/mol. The average molecular weight is 361 g/mol. The lowest BCUT2D eigenvalue weighted by Crippen LogP contribution is -2.26. The standard InChI is InChI=1S/C21H19N3O3/c1-24(15-16-7-6-12-22-14-16)20(25)17-8-5-9-18(13-17)23-21(26)27-19-10-3-2-4-11-19/h2-14H,15H2,1H3,(H,23,26). The predicted molar refractivity (Wildman–Crippen MR) is 103 cm³/mol. The molecule has 3 rings (SSSR count). The Balaban J connectivity index is 1.64. The smallest absolute Gasteiger partial charge is 0.410 e. The number of aromatic nitrogens is 1. The molecule has 0 bridgehead atoms. The number of ether oxygens (including phenoxy) is 1. The van der Waals surface area contributed by atoms with Crippen LogP contribution in [-0.2, 0) is 6.54 Å². The van der Waals surface area contributed by atoms with Crippen LogP contribution in [-0.4, -0.2) is 28.9 Å². The fourth-order valence-corrected chi connectivity index (χ4v) is 2.53. The van der Waals surface area contributed by atoms with Crippen LogP contribution in [0, 0.1) is 0 Å². The quantitative estimate of drug-likeness (QED) is 0.746. The van der Waals surface area contributed by atoms with Gasteiger partial charge in [-0.3, -0.25) is 15.1 Å². The van der Waals surface area contributed by atoms with E-state index >= 15 is 0 Å². The van der Waals surface area contributed by atoms with Crippen LogP contribution in [0.5, 0.6) is 5.75 Å². The third-order valence-corrected chi connectivity index (χ3v) is 3.80. The van der Waals surface area contributed by atoms with E-state index < -0.39 is 6.09 Å². The fraction of sp³-hybridized carbons (Fsp3) is 0.0952. The molecule has 0 unspecified atom stereocenters. The number of anilines is 1. The number of nitrogens with zero attached hydrogens (tertiary/aromatic N) is 2. The van der Waals surface area contributed by atoms with Crippen molar-refractivity contribution in [3.63, 3.8) is 0 Å². The number of nitrogens with one attached hydrogen (secondary N) is 1. The summed E-state index contributed by atoms with van der Waals surface area (Å²) in [5.74, 6) is 0.289. The number of benzene rings is 2. The molecule has 6 heteroatoms. The van der Waals surface area contributed by atoms with Crippen LogP contribution in [0.1, 0.15) is 15.9 Å². The van der Waals surface area contributed by atoms with E-state index in [1.807, 2.05) is 18.2 Å². The summed E-state index contributed by atoms with van der Waals surface area (Å²) in [6.45, 7) is 0.445. The summed E-state index contributed by atoms with van der Waals surface area (Å²) in [7, 11) is 1.72. The molecule has 1 aromatic heterocycles. The summed E-state index contributed by atoms with van der Waals surface area (Å²) in [6, 6.07) is 19.2. The highest BCUT2D eigenvalue weighted by Gasteiger charge is 2.13. The maximum Gasteiger partial charge on any atom is 0.417 e. The third-order valence-electron chi connectivity index (χ3n) is 3.80. The normalized spacial score (nSPS) is 10.1. The largest absolute Gasteiger partial charge is 0.417 e. The van der Waals surface area contributed by atoms with E-state index in [1.54, 1.807) is 72.9 Å². The van der Waals surface area contributed by atoms with Crippen molar-refractivity contribution in [2.45, 2.75) is 6.54 Å². The molecule has 6 nitrogen and oxygen atoms in total. The number of hydrogen-bond acceptors (Lipinski definition) is 4. The molecular formula is C21H19N3O3. The zero-order chi connectivity index (χ0) is 19.1. The summed E-state index contributed by atoms with van der Waals surface area (Å²) in [4.78, 5) is 30.3. The minimum atomic E-state index is -0.616. The van der Waals surface area contributed by atoms with Gasteiger partial charge in [0.1, 0.15) is 5.75 Å². The van der Waals surface area contributed by atoms with Gasteiger partial charge >= 0.3 is 6.09 Å². The molecule has 0 aliphatic carbocycles. The van der Waals surface area contributed by atoms with Crippen molar-refractivity contribution in [3.05, 3.63) is 90.3 Å². The molecule has 0 saturated heterocycles. The summed E-state index contributed by atoms with van der Waals surface area (Å²) in [5.41, 5.74) is 1.89. The van der Waals surface area contributed by atoms with Crippen molar-refractivity contribution in [1.82, 2.24) is 9.88 Å². The fourth-order valence-electron chi connectivity index (χ4n) is 2.53. The lowest BCUT2D eigenvalue weighted by molar-refractivity contribution is 0.0785. The summed E-state index contributed by atoms with van der Waals surface area (Å²) in [5, 5.41) is 2.63. The van der Waals surface area contributed by atoms with E-state index in [1.165, 1.54) is 0 Å². The Kier molecular flexibility index (Phi) is 5.79. The van der Waals surface area contributed by atoms with Crippen molar-refractivity contribution in [2.24, 2.45) is 0 Å². The number of hydrogen-bond donors (Lipinski definition) is 1. The van der Waals surface area contributed by atoms with Gasteiger partial charge < -0.3 is 9.64 Å². The Morgan fingerprint density at radius 3 is 2.59 bits per heavy atom. The molecule has 136 valence electrons. The highest BCUT2D eigenvalue weighted by Crippen LogP contribution is 2.15. The second kappa shape index (κ2) is 8.62. The van der Waals surface area contributed by atoms with Gasteiger partial charge in [-0.25, -0.2) is 4.79 Å². The molecule has 1 heterocycles. The topological polar surface area (TPSA) is 71.5 Å². The van der Waals surface area contributed by atoms with Gasteiger partial charge in [-0.2, -0.15) is 0 Å². The van der Waals surface area contributed by atoms with Crippen LogP contribution >= 0.6 is 0 Å². The van der Waals surface area contributed by atoms with E-state index in [-0.39, 0.29) is 5.91 Å². The van der Waals surface area contributed by atoms with E-state index in [4.69, 9.17) is 4.74 Å². The number of pyridine rings is 1. The van der Waals surface area contributed by atoms with Gasteiger partial charge in [-0.15, -0.1) is 0 Å². The Morgan fingerprint density at radius 2 is 1.85 bits per heavy atom. The van der Waals surface area contributed by atoms with E-state index in [2.05, 4.69) is 10.3 Å². The maximum atomic E-state index is 12.6. The molecule has 0 fully saturated rings. The van der Waals surface area contributed by atoms with Gasteiger partial charge in [0.15, 0.2) is 0 Å². The Labute approximate surface area is 157 Å². The lowest BCUT2D eigenvalue weighted by atomic mass is 10.1. The number of para-hydroxylation sites is 1. The van der Waals surface area contributed by atoms with Crippen LogP contribution < -0.4 is 10.1 Å². The first kappa shape index (κ1) is 18.1. The second-order valence-corrected chi connectivity index (χ2v) is 5.93. The molecule has 0 spiro atoms. The summed E-state index contributed by atoms with van der Waals surface area (Å²) in [6.07, 6.45) is 2.80. The Bertz CT molecular complexity index is 914. The molecule has 0 radical (unpaired) electrons. The third kappa shape index (κ3) is 5.15. The van der Waals surface area contributed by atoms with E-state index in [0.717, 1.165) is 5.56 Å². The minimum absolute atomic E-state index is 0.154. The predicted octanol–water partition coefficient (Wildman–Crippen LogP) is 3.96. The van der Waals surface area contributed by atoms with Gasteiger partial charge in [0.05, 0.1) is 0 Å². The van der Waals surface area contributed by atoms with Crippen LogP contribution in [0.25, 0.3) is 0 Å². The van der Waals surface area contributed by atoms with Crippen LogP contribution in [0.3, 0.4) is 0 Å². The van der Waals surface area contributed by atoms with Gasteiger partial charge in [0, 0.05) is 37.2 Å². The second-order valence-electron chi connectivity index (χ2n) is 5.93. The minimum Gasteiger partial charge on any atom is -0.410 e. The number of carbonyl (C=O) groups is 2. The van der Waals surface area contributed by atoms with Gasteiger partial charge in [0.25, 0.3) is 5.91 Å². The SMILES string of the molecule is CN(Cc1cccnc1)C(=O)c1cccc(NC(=O)Oc2ccccc2)c1. The van der Waals surface area contributed by atoms with Crippen molar-refractivity contribution >= 4 is 17.7 Å². The zero-order valence-corrected chi connectivity index (χ0v) is 14.8. The van der Waals surface area contributed by atoms with Crippen molar-refractivity contribution in [1.29, 1.82) is 0 Å². The number of rotatable bonds is 5. The molecule has 2 aromatic carbocycles. The van der Waals surface area contributed by atoms with Crippen LogP contribution in [0.4, 0.5) is 10.5 Å². The Hall–Kier alpha value is -3.67. The van der Waals surface area contributed by atoms with Crippen molar-refractivity contribution < 1.29 is 14.3 Å². The van der Waals surface area contributed by atoms with Gasteiger partial charge in [0.2, 0.25) is 0 Å². The first-order valence-electron chi connectivity index (χ1n) is 8.40. The number of amides is 2. The zero-order valence-electron chi connectivity index (χ0n) is 14.8. The Morgan fingerprint density at radius 1 is 1.04 bits per heavy atom. The average Bonchev–Trinajstić information content (AvgIpc) is 2.69. The maximum absolute atomic E-state index is 12.6.